The fourth-order valence-corrected chi connectivity index (χ4v) is 9.67. The zero-order chi connectivity index (χ0) is 40.2. The summed E-state index contributed by atoms with van der Waals surface area (Å²) in [6.45, 7) is 2.25. The molecule has 0 bridgehead atoms. The quantitative estimate of drug-likeness (QED) is 0.0782. The highest BCUT2D eigenvalue weighted by atomic mass is 32.2. The third kappa shape index (κ3) is 9.96. The molecule has 1 heterocycles. The molecule has 3 nitrogen and oxygen atoms in total. The van der Waals surface area contributed by atoms with Crippen molar-refractivity contribution in [3.05, 3.63) is 174 Å². The highest BCUT2D eigenvalue weighted by Gasteiger charge is 2.32. The second-order valence-corrected chi connectivity index (χ2v) is 17.7. The van der Waals surface area contributed by atoms with Crippen LogP contribution in [0.2, 0.25) is 0 Å². The van der Waals surface area contributed by atoms with E-state index in [-0.39, 0.29) is 4.90 Å². The van der Waals surface area contributed by atoms with Gasteiger partial charge in [0.25, 0.3) is 10.1 Å². The zero-order valence-electron chi connectivity index (χ0n) is 33.6. The first-order valence-electron chi connectivity index (χ1n) is 21.0. The molecule has 0 aliphatic heterocycles. The summed E-state index contributed by atoms with van der Waals surface area (Å²) in [5.41, 5.74) is 15.9. The van der Waals surface area contributed by atoms with Gasteiger partial charge in [0.2, 0.25) is 0 Å². The van der Waals surface area contributed by atoms with Gasteiger partial charge in [-0.1, -0.05) is 198 Å². The number of hydrogen-bond donors (Lipinski definition) is 1. The molecule has 6 aromatic carbocycles. The first kappa shape index (κ1) is 41.1. The van der Waals surface area contributed by atoms with Crippen molar-refractivity contribution in [2.75, 3.05) is 0 Å². The smallest absolute Gasteiger partial charge is 0.282 e. The van der Waals surface area contributed by atoms with Crippen LogP contribution in [0.1, 0.15) is 87.8 Å². The summed E-state index contributed by atoms with van der Waals surface area (Å²) in [7, 11) is -4.06. The van der Waals surface area contributed by atoms with Crippen LogP contribution in [0.15, 0.2) is 162 Å². The number of aryl methyl sites for hydroxylation is 1. The van der Waals surface area contributed by atoms with E-state index < -0.39 is 10.1 Å². The van der Waals surface area contributed by atoms with Crippen LogP contribution in [-0.4, -0.2) is 13.0 Å². The molecule has 296 valence electrons. The Hall–Kier alpha value is -5.07. The van der Waals surface area contributed by atoms with Crippen LogP contribution in [0, 0.1) is 0 Å². The lowest BCUT2D eigenvalue weighted by Gasteiger charge is -2.25. The molecule has 0 saturated carbocycles. The Kier molecular flexibility index (Phi) is 14.2. The van der Waals surface area contributed by atoms with Crippen LogP contribution >= 0.6 is 11.3 Å². The van der Waals surface area contributed by atoms with E-state index in [2.05, 4.69) is 140 Å². The average molecular weight is 803 g/mol. The van der Waals surface area contributed by atoms with E-state index in [1.54, 1.807) is 12.1 Å². The van der Waals surface area contributed by atoms with E-state index in [0.29, 0.717) is 0 Å². The van der Waals surface area contributed by atoms with Crippen LogP contribution in [0.3, 0.4) is 0 Å². The van der Waals surface area contributed by atoms with E-state index in [9.17, 15) is 8.42 Å². The molecule has 0 atom stereocenters. The summed E-state index contributed by atoms with van der Waals surface area (Å²) < 4.78 is 30.8. The number of hydrogen-bond acceptors (Lipinski definition) is 3. The summed E-state index contributed by atoms with van der Waals surface area (Å²) in [6, 6.07) is 52.8. The number of benzene rings is 6. The highest BCUT2D eigenvalue weighted by Crippen LogP contribution is 2.56. The van der Waals surface area contributed by atoms with Gasteiger partial charge in [-0.15, -0.1) is 11.3 Å². The molecule has 1 aromatic heterocycles. The highest BCUT2D eigenvalue weighted by molar-refractivity contribution is 7.85. The molecule has 0 unspecified atom stereocenters. The Balaban J connectivity index is 0.000000202. The lowest BCUT2D eigenvalue weighted by atomic mass is 9.79. The lowest BCUT2D eigenvalue weighted by Crippen LogP contribution is -2.00. The van der Waals surface area contributed by atoms with Gasteiger partial charge in [0, 0.05) is 10.4 Å². The second kappa shape index (κ2) is 20.1. The van der Waals surface area contributed by atoms with Crippen LogP contribution < -0.4 is 0 Å². The van der Waals surface area contributed by atoms with Crippen LogP contribution in [0.5, 0.6) is 0 Å². The van der Waals surface area contributed by atoms with Crippen molar-refractivity contribution in [1.82, 2.24) is 0 Å². The number of unbranched alkanes of at least 4 members (excludes halogenated alkanes) is 9. The summed E-state index contributed by atoms with van der Waals surface area (Å²) in [4.78, 5) is 1.27. The predicted octanol–water partition coefficient (Wildman–Crippen LogP) is 15.4. The van der Waals surface area contributed by atoms with Crippen molar-refractivity contribution in [2.45, 2.75) is 88.9 Å². The number of fused-ring (bicyclic) bond motifs is 3. The molecule has 0 saturated heterocycles. The Morgan fingerprint density at radius 2 is 1.00 bits per heavy atom. The summed E-state index contributed by atoms with van der Waals surface area (Å²) in [5.74, 6) is 0. The van der Waals surface area contributed by atoms with E-state index in [0.717, 1.165) is 24.8 Å². The fraction of sp³-hybridized carbons (Fsp3) is 0.245. The Labute approximate surface area is 350 Å². The van der Waals surface area contributed by atoms with Gasteiger partial charge in [-0.2, -0.15) is 8.42 Å². The van der Waals surface area contributed by atoms with Gasteiger partial charge in [-0.05, 0) is 104 Å². The molecular weight excluding hydrogens is 749 g/mol. The van der Waals surface area contributed by atoms with Crippen molar-refractivity contribution in [3.63, 3.8) is 0 Å². The summed E-state index contributed by atoms with van der Waals surface area (Å²) in [5, 5.41) is 2.20. The topological polar surface area (TPSA) is 54.4 Å². The monoisotopic (exact) mass is 802 g/mol. The minimum absolute atomic E-state index is 0.0284. The Morgan fingerprint density at radius 1 is 0.500 bits per heavy atom. The fourth-order valence-electron chi connectivity index (χ4n) is 8.41. The molecule has 0 spiro atoms. The summed E-state index contributed by atoms with van der Waals surface area (Å²) in [6.07, 6.45) is 15.1. The molecule has 0 amide bonds. The first-order chi connectivity index (χ1) is 28.4. The third-order valence-electron chi connectivity index (χ3n) is 11.3. The predicted molar refractivity (Wildman–Crippen MR) is 246 cm³/mol. The van der Waals surface area contributed by atoms with Gasteiger partial charge >= 0.3 is 0 Å². The van der Waals surface area contributed by atoms with Crippen molar-refractivity contribution in [2.24, 2.45) is 0 Å². The van der Waals surface area contributed by atoms with Gasteiger partial charge in [-0.3, -0.25) is 4.55 Å². The van der Waals surface area contributed by atoms with Crippen molar-refractivity contribution in [1.29, 1.82) is 0 Å². The van der Waals surface area contributed by atoms with Crippen LogP contribution in [-0.2, 0) is 23.0 Å². The number of thiophene rings is 1. The maximum Gasteiger partial charge on any atom is 0.294 e. The molecule has 1 N–H and O–H groups in total. The van der Waals surface area contributed by atoms with Gasteiger partial charge in [-0.25, -0.2) is 0 Å². The lowest BCUT2D eigenvalue weighted by molar-refractivity contribution is 0.483. The molecule has 1 aliphatic carbocycles. The average Bonchev–Trinajstić information content (AvgIpc) is 3.94. The van der Waals surface area contributed by atoms with Crippen molar-refractivity contribution in [3.8, 4) is 54.9 Å². The second-order valence-electron chi connectivity index (χ2n) is 15.3. The summed E-state index contributed by atoms with van der Waals surface area (Å²) >= 11 is 1.82. The Morgan fingerprint density at radius 3 is 1.53 bits per heavy atom. The maximum absolute atomic E-state index is 10.9. The van der Waals surface area contributed by atoms with Crippen LogP contribution in [0.25, 0.3) is 54.9 Å². The van der Waals surface area contributed by atoms with Crippen molar-refractivity contribution < 1.29 is 13.0 Å². The number of rotatable bonds is 16. The van der Waals surface area contributed by atoms with E-state index >= 15 is 0 Å². The van der Waals surface area contributed by atoms with E-state index in [4.69, 9.17) is 4.55 Å². The van der Waals surface area contributed by atoms with Crippen molar-refractivity contribution >= 4 is 21.5 Å². The van der Waals surface area contributed by atoms with E-state index in [1.165, 1.54) is 136 Å². The SMILES string of the molecule is CCCCCCCCCCCCc1ccc(S(=O)(=O)O)cc1.c1ccc(-c2c3c(c(-c4ccccc4)c(-c4cccs4)c2-c2ccccc2)-c2ccccc2C3)cc1. The molecule has 1 aliphatic rings. The largest absolute Gasteiger partial charge is 0.294 e. The van der Waals surface area contributed by atoms with Crippen LogP contribution in [0.4, 0.5) is 0 Å². The van der Waals surface area contributed by atoms with Gasteiger partial charge < -0.3 is 0 Å². The minimum atomic E-state index is -4.06. The van der Waals surface area contributed by atoms with E-state index in [1.807, 2.05) is 11.3 Å². The van der Waals surface area contributed by atoms with Gasteiger partial charge in [0.1, 0.15) is 0 Å². The zero-order valence-corrected chi connectivity index (χ0v) is 35.2. The minimum Gasteiger partial charge on any atom is -0.282 e. The molecule has 58 heavy (non-hydrogen) atoms. The first-order valence-corrected chi connectivity index (χ1v) is 23.3. The molecule has 7 aromatic rings. The maximum atomic E-state index is 10.9. The Bertz CT molecular complexity index is 2460. The molecular formula is C53H54O3S2. The standard InChI is InChI=1S/C35H24S.C18H30O3S/c1-4-13-24(14-5-1)31-29-23-27-19-10-11-20-28(27)34(29)33(26-17-8-3-9-18-26)35(30-21-12-22-36-30)32(31)25-15-6-2-7-16-25;1-2-3-4-5-6-7-8-9-10-11-12-17-13-15-18(16-14-17)22(19,20)21/h1-22H,23H2;13-16H,2-12H2,1H3,(H,19,20,21). The normalized spacial score (nSPS) is 11.8. The van der Waals surface area contributed by atoms with Gasteiger partial charge in [0.15, 0.2) is 0 Å². The molecule has 5 heteroatoms. The van der Waals surface area contributed by atoms with Gasteiger partial charge in [0.05, 0.1) is 4.90 Å². The third-order valence-corrected chi connectivity index (χ3v) is 13.0. The molecule has 0 radical (unpaired) electrons. The molecule has 0 fully saturated rings. The molecule has 8 rings (SSSR count).